The van der Waals surface area contributed by atoms with E-state index in [0.717, 1.165) is 16.1 Å². The van der Waals surface area contributed by atoms with E-state index in [4.69, 9.17) is 0 Å². The molecule has 2 aromatic carbocycles. The van der Waals surface area contributed by atoms with E-state index in [2.05, 4.69) is 4.98 Å². The highest BCUT2D eigenvalue weighted by molar-refractivity contribution is 7.98. The third-order valence-corrected chi connectivity index (χ3v) is 5.55. The van der Waals surface area contributed by atoms with Crippen LogP contribution in [0.15, 0.2) is 76.0 Å². The van der Waals surface area contributed by atoms with Gasteiger partial charge in [0.15, 0.2) is 5.16 Å². The van der Waals surface area contributed by atoms with Gasteiger partial charge in [0.05, 0.1) is 11.1 Å². The standard InChI is InChI=1S/C19H13FN2OS2/c20-14-6-4-5-13(11-14)12-25-19-21-17-16(9-10-24-17)18(23)22(19)15-7-2-1-3-8-15/h1-11H,12H2. The second-order valence-corrected chi connectivity index (χ2v) is 7.27. The molecule has 2 aromatic heterocycles. The Balaban J connectivity index is 1.80. The van der Waals surface area contributed by atoms with Crippen molar-refractivity contribution >= 4 is 33.3 Å². The Hall–Kier alpha value is -2.44. The van der Waals surface area contributed by atoms with Crippen LogP contribution in [0.25, 0.3) is 15.9 Å². The molecule has 0 aliphatic carbocycles. The van der Waals surface area contributed by atoms with Gasteiger partial charge in [-0.3, -0.25) is 9.36 Å². The van der Waals surface area contributed by atoms with Gasteiger partial charge in [-0.2, -0.15) is 0 Å². The third kappa shape index (κ3) is 3.23. The highest BCUT2D eigenvalue weighted by atomic mass is 32.2. The van der Waals surface area contributed by atoms with Gasteiger partial charge >= 0.3 is 0 Å². The van der Waals surface area contributed by atoms with Crippen molar-refractivity contribution in [1.82, 2.24) is 9.55 Å². The van der Waals surface area contributed by atoms with Gasteiger partial charge in [0, 0.05) is 5.75 Å². The first kappa shape index (κ1) is 16.1. The fourth-order valence-corrected chi connectivity index (χ4v) is 4.33. The summed E-state index contributed by atoms with van der Waals surface area (Å²) < 4.78 is 15.0. The van der Waals surface area contributed by atoms with Crippen LogP contribution in [0.3, 0.4) is 0 Å². The van der Waals surface area contributed by atoms with Crippen LogP contribution in [0.1, 0.15) is 5.56 Å². The van der Waals surface area contributed by atoms with E-state index in [0.29, 0.717) is 16.3 Å². The maximum absolute atomic E-state index is 13.4. The molecule has 0 radical (unpaired) electrons. The van der Waals surface area contributed by atoms with Crippen molar-refractivity contribution in [3.63, 3.8) is 0 Å². The predicted octanol–water partition coefficient (Wildman–Crippen LogP) is 4.88. The molecule has 0 bridgehead atoms. The predicted molar refractivity (Wildman–Crippen MR) is 101 cm³/mol. The molecule has 2 heterocycles. The van der Waals surface area contributed by atoms with Crippen LogP contribution in [0, 0.1) is 5.82 Å². The Kier molecular flexibility index (Phi) is 4.38. The van der Waals surface area contributed by atoms with Crippen LogP contribution < -0.4 is 5.56 Å². The molecule has 4 aromatic rings. The van der Waals surface area contributed by atoms with Crippen molar-refractivity contribution in [1.29, 1.82) is 0 Å². The number of aromatic nitrogens is 2. The van der Waals surface area contributed by atoms with E-state index in [9.17, 15) is 9.18 Å². The molecule has 6 heteroatoms. The first-order valence-electron chi connectivity index (χ1n) is 7.65. The molecule has 0 amide bonds. The number of halogens is 1. The van der Waals surface area contributed by atoms with Crippen molar-refractivity contribution in [3.8, 4) is 5.69 Å². The topological polar surface area (TPSA) is 34.9 Å². The third-order valence-electron chi connectivity index (χ3n) is 3.74. The number of hydrogen-bond donors (Lipinski definition) is 0. The molecular weight excluding hydrogens is 355 g/mol. The smallest absolute Gasteiger partial charge is 0.267 e. The summed E-state index contributed by atoms with van der Waals surface area (Å²) in [6.07, 6.45) is 0. The number of nitrogens with zero attached hydrogens (tertiary/aromatic N) is 2. The quantitative estimate of drug-likeness (QED) is 0.380. The zero-order chi connectivity index (χ0) is 17.2. The Morgan fingerprint density at radius 2 is 1.92 bits per heavy atom. The number of benzene rings is 2. The van der Waals surface area contributed by atoms with Crippen LogP contribution in [0.5, 0.6) is 0 Å². The summed E-state index contributed by atoms with van der Waals surface area (Å²) in [6, 6.07) is 17.7. The molecule has 0 atom stereocenters. The molecule has 124 valence electrons. The fraction of sp³-hybridized carbons (Fsp3) is 0.0526. The zero-order valence-corrected chi connectivity index (χ0v) is 14.7. The number of para-hydroxylation sites is 1. The first-order chi connectivity index (χ1) is 12.2. The minimum Gasteiger partial charge on any atom is -0.268 e. The van der Waals surface area contributed by atoms with Crippen LogP contribution in [-0.2, 0) is 5.75 Å². The van der Waals surface area contributed by atoms with Crippen molar-refractivity contribution < 1.29 is 4.39 Å². The molecule has 0 fully saturated rings. The first-order valence-corrected chi connectivity index (χ1v) is 9.52. The highest BCUT2D eigenvalue weighted by Crippen LogP contribution is 2.26. The molecule has 3 nitrogen and oxygen atoms in total. The fourth-order valence-electron chi connectivity index (χ4n) is 2.57. The number of rotatable bonds is 4. The van der Waals surface area contributed by atoms with Gasteiger partial charge in [-0.1, -0.05) is 42.1 Å². The molecule has 0 aliphatic rings. The number of fused-ring (bicyclic) bond motifs is 1. The largest absolute Gasteiger partial charge is 0.268 e. The Morgan fingerprint density at radius 3 is 2.72 bits per heavy atom. The van der Waals surface area contributed by atoms with Gasteiger partial charge in [-0.15, -0.1) is 11.3 Å². The Bertz CT molecular complexity index is 1090. The molecule has 4 rings (SSSR count). The maximum atomic E-state index is 13.4. The number of thioether (sulfide) groups is 1. The normalized spacial score (nSPS) is 11.1. The zero-order valence-electron chi connectivity index (χ0n) is 13.1. The molecule has 0 saturated heterocycles. The molecule has 0 unspecified atom stereocenters. The van der Waals surface area contributed by atoms with Gasteiger partial charge in [0.2, 0.25) is 0 Å². The van der Waals surface area contributed by atoms with Gasteiger partial charge in [-0.25, -0.2) is 9.37 Å². The Labute approximate surface area is 151 Å². The second kappa shape index (κ2) is 6.82. The number of thiophene rings is 1. The monoisotopic (exact) mass is 368 g/mol. The van der Waals surface area contributed by atoms with Crippen molar-refractivity contribution in [3.05, 3.63) is 87.8 Å². The van der Waals surface area contributed by atoms with Crippen LogP contribution in [0.4, 0.5) is 4.39 Å². The van der Waals surface area contributed by atoms with E-state index in [1.807, 2.05) is 41.8 Å². The van der Waals surface area contributed by atoms with Crippen molar-refractivity contribution in [2.24, 2.45) is 0 Å². The van der Waals surface area contributed by atoms with Gasteiger partial charge in [0.1, 0.15) is 10.6 Å². The van der Waals surface area contributed by atoms with Gasteiger partial charge in [-0.05, 0) is 41.3 Å². The molecule has 0 aliphatic heterocycles. The van der Waals surface area contributed by atoms with Gasteiger partial charge in [0.25, 0.3) is 5.56 Å². The minimum absolute atomic E-state index is 0.0841. The van der Waals surface area contributed by atoms with E-state index < -0.39 is 0 Å². The van der Waals surface area contributed by atoms with Crippen LogP contribution in [0.2, 0.25) is 0 Å². The second-order valence-electron chi connectivity index (χ2n) is 5.43. The van der Waals surface area contributed by atoms with Crippen LogP contribution >= 0.6 is 23.1 Å². The van der Waals surface area contributed by atoms with E-state index in [1.54, 1.807) is 16.7 Å². The number of hydrogen-bond acceptors (Lipinski definition) is 4. The van der Waals surface area contributed by atoms with Crippen molar-refractivity contribution in [2.75, 3.05) is 0 Å². The highest BCUT2D eigenvalue weighted by Gasteiger charge is 2.14. The lowest BCUT2D eigenvalue weighted by Gasteiger charge is -2.12. The van der Waals surface area contributed by atoms with E-state index >= 15 is 0 Å². The Morgan fingerprint density at radius 1 is 1.08 bits per heavy atom. The van der Waals surface area contributed by atoms with E-state index in [-0.39, 0.29) is 11.4 Å². The SMILES string of the molecule is O=c1c2ccsc2nc(SCc2cccc(F)c2)n1-c1ccccc1. The lowest BCUT2D eigenvalue weighted by molar-refractivity contribution is 0.626. The summed E-state index contributed by atoms with van der Waals surface area (Å²) >= 11 is 2.87. The molecule has 0 N–H and O–H groups in total. The van der Waals surface area contributed by atoms with Crippen LogP contribution in [-0.4, -0.2) is 9.55 Å². The maximum Gasteiger partial charge on any atom is 0.267 e. The molecule has 0 spiro atoms. The average molecular weight is 368 g/mol. The lowest BCUT2D eigenvalue weighted by atomic mass is 10.2. The summed E-state index contributed by atoms with van der Waals surface area (Å²) in [4.78, 5) is 18.3. The molecular formula is C19H13FN2OS2. The summed E-state index contributed by atoms with van der Waals surface area (Å²) in [7, 11) is 0. The average Bonchev–Trinajstić information content (AvgIpc) is 3.10. The molecule has 0 saturated carbocycles. The molecule has 25 heavy (non-hydrogen) atoms. The minimum atomic E-state index is -0.264. The summed E-state index contributed by atoms with van der Waals surface area (Å²) in [5, 5.41) is 3.09. The van der Waals surface area contributed by atoms with Gasteiger partial charge < -0.3 is 0 Å². The summed E-state index contributed by atoms with van der Waals surface area (Å²) in [5.74, 6) is 0.272. The summed E-state index contributed by atoms with van der Waals surface area (Å²) in [5.41, 5.74) is 1.54. The lowest BCUT2D eigenvalue weighted by Crippen LogP contribution is -2.21. The van der Waals surface area contributed by atoms with E-state index in [1.165, 1.54) is 35.2 Å². The van der Waals surface area contributed by atoms with Crippen molar-refractivity contribution in [2.45, 2.75) is 10.9 Å². The summed E-state index contributed by atoms with van der Waals surface area (Å²) in [6.45, 7) is 0.